The van der Waals surface area contributed by atoms with Gasteiger partial charge >= 0.3 is 0 Å². The molecule has 0 aliphatic carbocycles. The van der Waals surface area contributed by atoms with E-state index in [0.29, 0.717) is 18.1 Å². The molecule has 0 fully saturated rings. The number of benzene rings is 1. The van der Waals surface area contributed by atoms with Crippen LogP contribution >= 0.6 is 11.6 Å². The van der Waals surface area contributed by atoms with Crippen LogP contribution in [-0.4, -0.2) is 19.8 Å². The summed E-state index contributed by atoms with van der Waals surface area (Å²) in [6.07, 6.45) is 0.518. The summed E-state index contributed by atoms with van der Waals surface area (Å²) in [5.74, 6) is -0.297. The van der Waals surface area contributed by atoms with Gasteiger partial charge in [-0.05, 0) is 30.2 Å². The maximum Gasteiger partial charge on any atom is 0.123 e. The van der Waals surface area contributed by atoms with Crippen molar-refractivity contribution in [2.24, 2.45) is 5.73 Å². The van der Waals surface area contributed by atoms with E-state index in [1.54, 1.807) is 7.11 Å². The fraction of sp³-hybridized carbons (Fsp3) is 0.400. The van der Waals surface area contributed by atoms with E-state index in [0.717, 1.165) is 5.56 Å². The molecule has 2 N–H and O–H groups in total. The summed E-state index contributed by atoms with van der Waals surface area (Å²) in [5, 5.41) is 0.540. The van der Waals surface area contributed by atoms with Crippen LogP contribution in [0.25, 0.3) is 0 Å². The van der Waals surface area contributed by atoms with Gasteiger partial charge in [0.2, 0.25) is 0 Å². The van der Waals surface area contributed by atoms with E-state index in [4.69, 9.17) is 22.1 Å². The van der Waals surface area contributed by atoms with Crippen molar-refractivity contribution in [3.05, 3.63) is 34.6 Å². The van der Waals surface area contributed by atoms with Gasteiger partial charge in [-0.1, -0.05) is 11.6 Å². The van der Waals surface area contributed by atoms with E-state index in [2.05, 4.69) is 0 Å². The Labute approximate surface area is 87.8 Å². The zero-order valence-electron chi connectivity index (χ0n) is 7.97. The molecular weight excluding hydrogens is 205 g/mol. The molecule has 0 aliphatic heterocycles. The van der Waals surface area contributed by atoms with Gasteiger partial charge in [-0.25, -0.2) is 4.39 Å². The van der Waals surface area contributed by atoms with Crippen LogP contribution in [0, 0.1) is 5.82 Å². The van der Waals surface area contributed by atoms with Crippen LogP contribution in [0.4, 0.5) is 4.39 Å². The highest BCUT2D eigenvalue weighted by molar-refractivity contribution is 6.31. The molecule has 14 heavy (non-hydrogen) atoms. The van der Waals surface area contributed by atoms with Crippen molar-refractivity contribution in [3.63, 3.8) is 0 Å². The highest BCUT2D eigenvalue weighted by Crippen LogP contribution is 2.18. The topological polar surface area (TPSA) is 35.2 Å². The number of ether oxygens (including phenoxy) is 1. The summed E-state index contributed by atoms with van der Waals surface area (Å²) in [7, 11) is 1.58. The Hall–Kier alpha value is -0.640. The van der Waals surface area contributed by atoms with Gasteiger partial charge in [0, 0.05) is 18.2 Å². The van der Waals surface area contributed by atoms with E-state index >= 15 is 0 Å². The van der Waals surface area contributed by atoms with Gasteiger partial charge in [-0.3, -0.25) is 0 Å². The predicted molar refractivity (Wildman–Crippen MR) is 55.0 cm³/mol. The number of hydrogen-bond acceptors (Lipinski definition) is 2. The lowest BCUT2D eigenvalue weighted by molar-refractivity contribution is 0.180. The van der Waals surface area contributed by atoms with E-state index in [9.17, 15) is 4.39 Å². The first-order chi connectivity index (χ1) is 6.63. The number of nitrogens with two attached hydrogens (primary N) is 1. The van der Waals surface area contributed by atoms with Crippen LogP contribution in [-0.2, 0) is 11.2 Å². The second-order valence-corrected chi connectivity index (χ2v) is 3.56. The van der Waals surface area contributed by atoms with Crippen molar-refractivity contribution in [1.29, 1.82) is 0 Å². The van der Waals surface area contributed by atoms with E-state index in [1.807, 2.05) is 0 Å². The van der Waals surface area contributed by atoms with Crippen molar-refractivity contribution in [2.75, 3.05) is 13.7 Å². The third-order valence-electron chi connectivity index (χ3n) is 1.87. The van der Waals surface area contributed by atoms with Gasteiger partial charge in [-0.15, -0.1) is 0 Å². The van der Waals surface area contributed by atoms with Crippen LogP contribution in [0.2, 0.25) is 5.02 Å². The van der Waals surface area contributed by atoms with Gasteiger partial charge in [0.15, 0.2) is 0 Å². The van der Waals surface area contributed by atoms with Crippen LogP contribution in [0.1, 0.15) is 5.56 Å². The molecular formula is C10H13ClFNO. The normalized spacial score (nSPS) is 12.9. The van der Waals surface area contributed by atoms with E-state index < -0.39 is 0 Å². The third-order valence-corrected chi connectivity index (χ3v) is 2.24. The standard InChI is InChI=1S/C10H13ClFNO/c1-14-6-9(13)5-7-4-8(12)2-3-10(7)11/h2-4,9H,5-6,13H2,1H3. The van der Waals surface area contributed by atoms with Gasteiger partial charge in [-0.2, -0.15) is 0 Å². The molecule has 1 unspecified atom stereocenters. The van der Waals surface area contributed by atoms with Crippen LogP contribution < -0.4 is 5.73 Å². The molecule has 1 atom stereocenters. The molecule has 1 aromatic rings. The average molecular weight is 218 g/mol. The maximum absolute atomic E-state index is 12.9. The van der Waals surface area contributed by atoms with Crippen molar-refractivity contribution < 1.29 is 9.13 Å². The lowest BCUT2D eigenvalue weighted by atomic mass is 10.1. The second kappa shape index (κ2) is 5.29. The molecule has 0 aliphatic rings. The van der Waals surface area contributed by atoms with Gasteiger partial charge in [0.25, 0.3) is 0 Å². The minimum atomic E-state index is -0.297. The predicted octanol–water partition coefficient (Wildman–Crippen LogP) is 2.00. The van der Waals surface area contributed by atoms with Gasteiger partial charge in [0.05, 0.1) is 6.61 Å². The number of rotatable bonds is 4. The summed E-state index contributed by atoms with van der Waals surface area (Å²) in [6, 6.07) is 4.11. The number of halogens is 2. The second-order valence-electron chi connectivity index (χ2n) is 3.16. The van der Waals surface area contributed by atoms with Crippen LogP contribution in [0.3, 0.4) is 0 Å². The molecule has 0 saturated heterocycles. The highest BCUT2D eigenvalue weighted by atomic mass is 35.5. The Bertz CT molecular complexity index is 306. The molecule has 78 valence electrons. The maximum atomic E-state index is 12.9. The molecule has 0 bridgehead atoms. The molecule has 0 amide bonds. The number of methoxy groups -OCH3 is 1. The summed E-state index contributed by atoms with van der Waals surface area (Å²) in [4.78, 5) is 0. The zero-order chi connectivity index (χ0) is 10.6. The molecule has 0 radical (unpaired) electrons. The summed E-state index contributed by atoms with van der Waals surface area (Å²) in [6.45, 7) is 0.437. The largest absolute Gasteiger partial charge is 0.383 e. The lowest BCUT2D eigenvalue weighted by Crippen LogP contribution is -2.28. The lowest BCUT2D eigenvalue weighted by Gasteiger charge is -2.11. The van der Waals surface area contributed by atoms with Crippen molar-refractivity contribution in [1.82, 2.24) is 0 Å². The first kappa shape index (κ1) is 11.4. The molecule has 0 heterocycles. The smallest absolute Gasteiger partial charge is 0.123 e. The first-order valence-electron chi connectivity index (χ1n) is 4.32. The number of hydrogen-bond donors (Lipinski definition) is 1. The zero-order valence-corrected chi connectivity index (χ0v) is 8.72. The third kappa shape index (κ3) is 3.25. The summed E-state index contributed by atoms with van der Waals surface area (Å²) < 4.78 is 17.7. The van der Waals surface area contributed by atoms with Crippen LogP contribution in [0.5, 0.6) is 0 Å². The Morgan fingerprint density at radius 3 is 2.93 bits per heavy atom. The Morgan fingerprint density at radius 1 is 1.57 bits per heavy atom. The SMILES string of the molecule is COCC(N)Cc1cc(F)ccc1Cl. The molecule has 1 aromatic carbocycles. The fourth-order valence-electron chi connectivity index (χ4n) is 1.26. The quantitative estimate of drug-likeness (QED) is 0.837. The van der Waals surface area contributed by atoms with Gasteiger partial charge < -0.3 is 10.5 Å². The summed E-state index contributed by atoms with van der Waals surface area (Å²) >= 11 is 5.88. The van der Waals surface area contributed by atoms with Crippen LogP contribution in [0.15, 0.2) is 18.2 Å². The highest BCUT2D eigenvalue weighted by Gasteiger charge is 2.07. The molecule has 1 rings (SSSR count). The van der Waals surface area contributed by atoms with Crippen molar-refractivity contribution in [3.8, 4) is 0 Å². The molecule has 2 nitrogen and oxygen atoms in total. The van der Waals surface area contributed by atoms with Crippen molar-refractivity contribution in [2.45, 2.75) is 12.5 Å². The average Bonchev–Trinajstić information content (AvgIpc) is 2.12. The molecule has 4 heteroatoms. The van der Waals surface area contributed by atoms with E-state index in [1.165, 1.54) is 18.2 Å². The Kier molecular flexibility index (Phi) is 4.32. The monoisotopic (exact) mass is 217 g/mol. The first-order valence-corrected chi connectivity index (χ1v) is 4.69. The fourth-order valence-corrected chi connectivity index (χ4v) is 1.45. The molecule has 0 spiro atoms. The van der Waals surface area contributed by atoms with Crippen molar-refractivity contribution >= 4 is 11.6 Å². The molecule has 0 saturated carbocycles. The Morgan fingerprint density at radius 2 is 2.29 bits per heavy atom. The summed E-state index contributed by atoms with van der Waals surface area (Å²) in [5.41, 5.74) is 6.45. The Balaban J connectivity index is 2.70. The minimum absolute atomic E-state index is 0.153. The molecule has 0 aromatic heterocycles. The van der Waals surface area contributed by atoms with E-state index in [-0.39, 0.29) is 11.9 Å². The minimum Gasteiger partial charge on any atom is -0.383 e. The van der Waals surface area contributed by atoms with Gasteiger partial charge in [0.1, 0.15) is 5.82 Å².